The molecule has 1 heterocycles. The SMILES string of the molecule is C=CCNc1cncc(C(=O)NCCc2ccc(Cl)cc2Cl)c1. The molecule has 0 atom stereocenters. The third-order valence-electron chi connectivity index (χ3n) is 3.15. The molecule has 0 spiro atoms. The summed E-state index contributed by atoms with van der Waals surface area (Å²) in [6.45, 7) is 4.72. The van der Waals surface area contributed by atoms with Crippen molar-refractivity contribution in [2.75, 3.05) is 18.4 Å². The van der Waals surface area contributed by atoms with Gasteiger partial charge in [0.15, 0.2) is 0 Å². The van der Waals surface area contributed by atoms with Gasteiger partial charge in [0.25, 0.3) is 5.91 Å². The molecule has 1 amide bonds. The van der Waals surface area contributed by atoms with Crippen LogP contribution < -0.4 is 10.6 Å². The first-order valence-electron chi connectivity index (χ1n) is 7.12. The van der Waals surface area contributed by atoms with E-state index in [1.165, 1.54) is 6.20 Å². The molecule has 0 fully saturated rings. The molecule has 4 nitrogen and oxygen atoms in total. The number of aromatic nitrogens is 1. The Balaban J connectivity index is 1.90. The van der Waals surface area contributed by atoms with Crippen LogP contribution in [0.1, 0.15) is 15.9 Å². The van der Waals surface area contributed by atoms with Crippen molar-refractivity contribution in [3.05, 3.63) is 70.5 Å². The zero-order chi connectivity index (χ0) is 16.7. The minimum absolute atomic E-state index is 0.176. The Kier molecular flexibility index (Phi) is 6.44. The summed E-state index contributed by atoms with van der Waals surface area (Å²) < 4.78 is 0. The highest BCUT2D eigenvalue weighted by Crippen LogP contribution is 2.21. The maximum absolute atomic E-state index is 12.1. The number of halogens is 2. The van der Waals surface area contributed by atoms with Crippen molar-refractivity contribution < 1.29 is 4.79 Å². The van der Waals surface area contributed by atoms with Crippen LogP contribution in [0.5, 0.6) is 0 Å². The quantitative estimate of drug-likeness (QED) is 0.744. The first-order chi connectivity index (χ1) is 11.1. The van der Waals surface area contributed by atoms with Gasteiger partial charge in [0.05, 0.1) is 11.3 Å². The molecular formula is C17H17Cl2N3O. The number of hydrogen-bond acceptors (Lipinski definition) is 3. The predicted octanol–water partition coefficient (Wildman–Crippen LogP) is 3.96. The van der Waals surface area contributed by atoms with Gasteiger partial charge in [0.2, 0.25) is 0 Å². The number of nitrogens with zero attached hydrogens (tertiary/aromatic N) is 1. The Morgan fingerprint density at radius 3 is 2.83 bits per heavy atom. The molecule has 120 valence electrons. The molecule has 1 aromatic heterocycles. The van der Waals surface area contributed by atoms with Gasteiger partial charge in [-0.25, -0.2) is 0 Å². The van der Waals surface area contributed by atoms with Gasteiger partial charge in [0.1, 0.15) is 0 Å². The van der Waals surface area contributed by atoms with Crippen LogP contribution >= 0.6 is 23.2 Å². The highest BCUT2D eigenvalue weighted by molar-refractivity contribution is 6.35. The molecule has 0 saturated carbocycles. The van der Waals surface area contributed by atoms with E-state index in [0.29, 0.717) is 35.1 Å². The van der Waals surface area contributed by atoms with Gasteiger partial charge in [-0.1, -0.05) is 35.3 Å². The fraction of sp³-hybridized carbons (Fsp3) is 0.176. The molecule has 0 saturated heterocycles. The van der Waals surface area contributed by atoms with Crippen LogP contribution in [0, 0.1) is 0 Å². The van der Waals surface area contributed by atoms with Crippen molar-refractivity contribution in [3.8, 4) is 0 Å². The molecule has 0 radical (unpaired) electrons. The van der Waals surface area contributed by atoms with Gasteiger partial charge in [-0.05, 0) is 30.2 Å². The normalized spacial score (nSPS) is 10.2. The van der Waals surface area contributed by atoms with E-state index >= 15 is 0 Å². The second-order valence-corrected chi connectivity index (χ2v) is 5.72. The maximum Gasteiger partial charge on any atom is 0.252 e. The smallest absolute Gasteiger partial charge is 0.252 e. The highest BCUT2D eigenvalue weighted by Gasteiger charge is 2.07. The summed E-state index contributed by atoms with van der Waals surface area (Å²) in [5.74, 6) is -0.176. The summed E-state index contributed by atoms with van der Waals surface area (Å²) in [5, 5.41) is 7.14. The molecule has 2 rings (SSSR count). The lowest BCUT2D eigenvalue weighted by atomic mass is 10.1. The van der Waals surface area contributed by atoms with Crippen LogP contribution in [-0.2, 0) is 6.42 Å². The second kappa shape index (κ2) is 8.56. The van der Waals surface area contributed by atoms with Crippen LogP contribution in [0.4, 0.5) is 5.69 Å². The van der Waals surface area contributed by atoms with E-state index in [4.69, 9.17) is 23.2 Å². The minimum atomic E-state index is -0.176. The fourth-order valence-electron chi connectivity index (χ4n) is 1.99. The van der Waals surface area contributed by atoms with E-state index in [1.54, 1.807) is 30.5 Å². The summed E-state index contributed by atoms with van der Waals surface area (Å²) in [6, 6.07) is 7.08. The summed E-state index contributed by atoms with van der Waals surface area (Å²) in [7, 11) is 0. The fourth-order valence-corrected chi connectivity index (χ4v) is 2.49. The molecule has 1 aromatic carbocycles. The lowest BCUT2D eigenvalue weighted by Crippen LogP contribution is -2.26. The van der Waals surface area contributed by atoms with Crippen LogP contribution in [-0.4, -0.2) is 24.0 Å². The van der Waals surface area contributed by atoms with Gasteiger partial charge in [0, 0.05) is 35.5 Å². The molecule has 23 heavy (non-hydrogen) atoms. The molecule has 6 heteroatoms. The summed E-state index contributed by atoms with van der Waals surface area (Å²) in [6.07, 6.45) is 5.56. The summed E-state index contributed by atoms with van der Waals surface area (Å²) in [4.78, 5) is 16.2. The van der Waals surface area contributed by atoms with E-state index < -0.39 is 0 Å². The minimum Gasteiger partial charge on any atom is -0.380 e. The van der Waals surface area contributed by atoms with Crippen molar-refractivity contribution in [2.24, 2.45) is 0 Å². The lowest BCUT2D eigenvalue weighted by molar-refractivity contribution is 0.0954. The number of carbonyl (C=O) groups is 1. The Morgan fingerprint density at radius 2 is 2.09 bits per heavy atom. The van der Waals surface area contributed by atoms with Crippen LogP contribution in [0.2, 0.25) is 10.0 Å². The lowest BCUT2D eigenvalue weighted by Gasteiger charge is -2.08. The molecule has 0 aliphatic carbocycles. The van der Waals surface area contributed by atoms with Gasteiger partial charge in [-0.15, -0.1) is 6.58 Å². The van der Waals surface area contributed by atoms with Gasteiger partial charge in [-0.3, -0.25) is 9.78 Å². The van der Waals surface area contributed by atoms with E-state index in [2.05, 4.69) is 22.2 Å². The zero-order valence-electron chi connectivity index (χ0n) is 12.5. The number of benzene rings is 1. The van der Waals surface area contributed by atoms with Gasteiger partial charge >= 0.3 is 0 Å². The number of rotatable bonds is 7. The third kappa shape index (κ3) is 5.27. The number of pyridine rings is 1. The number of carbonyl (C=O) groups excluding carboxylic acids is 1. The van der Waals surface area contributed by atoms with E-state index in [1.807, 2.05) is 6.07 Å². The molecule has 0 aliphatic heterocycles. The molecule has 0 aliphatic rings. The molecule has 2 N–H and O–H groups in total. The van der Waals surface area contributed by atoms with Crippen LogP contribution in [0.15, 0.2) is 49.3 Å². The Labute approximate surface area is 145 Å². The standard InChI is InChI=1S/C17H17Cl2N3O/c1-2-6-21-15-8-13(10-20-11-15)17(23)22-7-5-12-3-4-14(18)9-16(12)19/h2-4,8-11,21H,1,5-7H2,(H,22,23). The maximum atomic E-state index is 12.1. The van der Waals surface area contributed by atoms with E-state index in [-0.39, 0.29) is 5.91 Å². The van der Waals surface area contributed by atoms with Gasteiger partial charge < -0.3 is 10.6 Å². The van der Waals surface area contributed by atoms with E-state index in [9.17, 15) is 4.79 Å². The Bertz CT molecular complexity index is 704. The molecule has 0 bridgehead atoms. The second-order valence-electron chi connectivity index (χ2n) is 4.87. The third-order valence-corrected chi connectivity index (χ3v) is 3.73. The van der Waals surface area contributed by atoms with Gasteiger partial charge in [-0.2, -0.15) is 0 Å². The number of hydrogen-bond donors (Lipinski definition) is 2. The molecule has 2 aromatic rings. The first kappa shape index (κ1) is 17.3. The average Bonchev–Trinajstić information content (AvgIpc) is 2.55. The van der Waals surface area contributed by atoms with Crippen molar-refractivity contribution in [1.82, 2.24) is 10.3 Å². The summed E-state index contributed by atoms with van der Waals surface area (Å²) >= 11 is 12.0. The van der Waals surface area contributed by atoms with E-state index in [0.717, 1.165) is 11.3 Å². The molecule has 0 unspecified atom stereocenters. The molecular weight excluding hydrogens is 333 g/mol. The van der Waals surface area contributed by atoms with Crippen LogP contribution in [0.3, 0.4) is 0 Å². The van der Waals surface area contributed by atoms with Crippen molar-refractivity contribution in [2.45, 2.75) is 6.42 Å². The topological polar surface area (TPSA) is 54.0 Å². The highest BCUT2D eigenvalue weighted by atomic mass is 35.5. The Morgan fingerprint density at radius 1 is 1.26 bits per heavy atom. The first-order valence-corrected chi connectivity index (χ1v) is 7.87. The zero-order valence-corrected chi connectivity index (χ0v) is 14.0. The van der Waals surface area contributed by atoms with Crippen molar-refractivity contribution in [1.29, 1.82) is 0 Å². The monoisotopic (exact) mass is 349 g/mol. The van der Waals surface area contributed by atoms with Crippen molar-refractivity contribution in [3.63, 3.8) is 0 Å². The Hall–Kier alpha value is -2.04. The predicted molar refractivity (Wildman–Crippen MR) is 95.4 cm³/mol. The number of nitrogens with one attached hydrogen (secondary N) is 2. The largest absolute Gasteiger partial charge is 0.380 e. The number of anilines is 1. The average molecular weight is 350 g/mol. The van der Waals surface area contributed by atoms with Crippen molar-refractivity contribution >= 4 is 34.8 Å². The number of amides is 1. The summed E-state index contributed by atoms with van der Waals surface area (Å²) in [5.41, 5.74) is 2.22. The van der Waals surface area contributed by atoms with Crippen LogP contribution in [0.25, 0.3) is 0 Å².